The largest absolute Gasteiger partial charge is 0.326 e. The lowest BCUT2D eigenvalue weighted by molar-refractivity contribution is 0.159. The molecule has 1 saturated heterocycles. The van der Waals surface area contributed by atoms with Gasteiger partial charge in [-0.25, -0.2) is 0 Å². The van der Waals surface area contributed by atoms with E-state index in [1.807, 2.05) is 0 Å². The smallest absolute Gasteiger partial charge is 0.188 e. The Morgan fingerprint density at radius 2 is 2.50 bits per heavy atom. The molecule has 6 nitrogen and oxygen atoms in total. The van der Waals surface area contributed by atoms with Crippen molar-refractivity contribution >= 4 is 0 Å². The highest BCUT2D eigenvalue weighted by atomic mass is 15.5. The minimum atomic E-state index is 0.274. The molecule has 1 fully saturated rings. The van der Waals surface area contributed by atoms with Crippen molar-refractivity contribution in [2.24, 2.45) is 11.7 Å². The Kier molecular flexibility index (Phi) is 2.74. The number of nitrogens with one attached hydrogen (secondary N) is 1. The number of aromatic nitrogens is 4. The fourth-order valence-electron chi connectivity index (χ4n) is 1.76. The van der Waals surface area contributed by atoms with Gasteiger partial charge in [0.25, 0.3) is 0 Å². The summed E-state index contributed by atoms with van der Waals surface area (Å²) in [6.07, 6.45) is 1.15. The number of aromatic amines is 1. The zero-order chi connectivity index (χ0) is 9.97. The van der Waals surface area contributed by atoms with Crippen LogP contribution in [0.3, 0.4) is 0 Å². The number of hydrogen-bond acceptors (Lipinski definition) is 5. The molecular weight excluding hydrogens is 180 g/mol. The Bertz CT molecular complexity index is 271. The van der Waals surface area contributed by atoms with Crippen LogP contribution in [0.2, 0.25) is 0 Å². The number of rotatable bonds is 2. The van der Waals surface area contributed by atoms with Crippen molar-refractivity contribution in [1.29, 1.82) is 0 Å². The zero-order valence-corrected chi connectivity index (χ0v) is 8.35. The molecule has 78 valence electrons. The number of nitrogens with two attached hydrogens (primary N) is 1. The maximum atomic E-state index is 5.99. The number of piperidine rings is 1. The lowest BCUT2D eigenvalue weighted by Gasteiger charge is -2.34. The summed E-state index contributed by atoms with van der Waals surface area (Å²) in [6, 6.07) is 0.274. The molecule has 0 radical (unpaired) electrons. The van der Waals surface area contributed by atoms with Gasteiger partial charge in [-0.15, -0.1) is 10.2 Å². The molecule has 2 heterocycles. The van der Waals surface area contributed by atoms with Crippen LogP contribution in [-0.4, -0.2) is 44.7 Å². The third-order valence-electron chi connectivity index (χ3n) is 2.85. The van der Waals surface area contributed by atoms with Crippen LogP contribution in [0.5, 0.6) is 0 Å². The lowest BCUT2D eigenvalue weighted by Crippen LogP contribution is -2.47. The first kappa shape index (κ1) is 9.54. The van der Waals surface area contributed by atoms with Crippen LogP contribution in [0.1, 0.15) is 19.2 Å². The Labute approximate surface area is 82.9 Å². The third-order valence-corrected chi connectivity index (χ3v) is 2.85. The van der Waals surface area contributed by atoms with Gasteiger partial charge in [-0.2, -0.15) is 5.21 Å². The maximum absolute atomic E-state index is 5.99. The number of tetrazole rings is 1. The second-order valence-electron chi connectivity index (χ2n) is 3.99. The molecule has 0 amide bonds. The molecule has 1 aliphatic rings. The van der Waals surface area contributed by atoms with Gasteiger partial charge in [-0.1, -0.05) is 12.1 Å². The van der Waals surface area contributed by atoms with Gasteiger partial charge < -0.3 is 5.73 Å². The summed E-state index contributed by atoms with van der Waals surface area (Å²) in [6.45, 7) is 4.95. The molecule has 14 heavy (non-hydrogen) atoms. The first-order valence-corrected chi connectivity index (χ1v) is 4.96. The number of likely N-dealkylation sites (tertiary alicyclic amines) is 1. The van der Waals surface area contributed by atoms with E-state index in [0.717, 1.165) is 31.9 Å². The molecule has 0 aliphatic carbocycles. The van der Waals surface area contributed by atoms with E-state index in [1.165, 1.54) is 0 Å². The third kappa shape index (κ3) is 2.08. The van der Waals surface area contributed by atoms with E-state index in [9.17, 15) is 0 Å². The molecule has 0 saturated carbocycles. The lowest BCUT2D eigenvalue weighted by atomic mass is 9.94. The SMILES string of the molecule is CC1CCN(Cc2nn[nH]n2)CC1N. The van der Waals surface area contributed by atoms with E-state index in [-0.39, 0.29) is 6.04 Å². The van der Waals surface area contributed by atoms with Crippen molar-refractivity contribution in [3.05, 3.63) is 5.82 Å². The summed E-state index contributed by atoms with van der Waals surface area (Å²) in [4.78, 5) is 2.27. The normalized spacial score (nSPS) is 29.3. The summed E-state index contributed by atoms with van der Waals surface area (Å²) >= 11 is 0. The van der Waals surface area contributed by atoms with Crippen molar-refractivity contribution in [2.75, 3.05) is 13.1 Å². The van der Waals surface area contributed by atoms with Crippen LogP contribution >= 0.6 is 0 Å². The maximum Gasteiger partial charge on any atom is 0.188 e. The monoisotopic (exact) mass is 196 g/mol. The predicted octanol–water partition coefficient (Wildman–Crippen LogP) is -0.631. The van der Waals surface area contributed by atoms with Gasteiger partial charge in [0.2, 0.25) is 0 Å². The number of hydrogen-bond donors (Lipinski definition) is 2. The molecule has 2 atom stereocenters. The molecule has 0 aromatic carbocycles. The predicted molar refractivity (Wildman–Crippen MR) is 51.2 cm³/mol. The molecule has 1 aliphatic heterocycles. The van der Waals surface area contributed by atoms with E-state index < -0.39 is 0 Å². The topological polar surface area (TPSA) is 83.7 Å². The van der Waals surface area contributed by atoms with Crippen LogP contribution < -0.4 is 5.73 Å². The van der Waals surface area contributed by atoms with E-state index >= 15 is 0 Å². The van der Waals surface area contributed by atoms with Crippen molar-refractivity contribution in [3.8, 4) is 0 Å². The number of H-pyrrole nitrogens is 1. The molecule has 3 N–H and O–H groups in total. The molecular formula is C8H16N6. The summed E-state index contributed by atoms with van der Waals surface area (Å²) in [7, 11) is 0. The second-order valence-corrected chi connectivity index (χ2v) is 3.99. The van der Waals surface area contributed by atoms with E-state index in [2.05, 4.69) is 32.4 Å². The minimum Gasteiger partial charge on any atom is -0.326 e. The first-order valence-electron chi connectivity index (χ1n) is 4.96. The summed E-state index contributed by atoms with van der Waals surface area (Å²) in [5, 5.41) is 13.8. The standard InChI is InChI=1S/C8H16N6/c1-6-2-3-14(4-7(6)9)5-8-10-12-13-11-8/h6-7H,2-5,9H2,1H3,(H,10,11,12,13). The van der Waals surface area contributed by atoms with Crippen molar-refractivity contribution in [3.63, 3.8) is 0 Å². The van der Waals surface area contributed by atoms with Gasteiger partial charge in [0.15, 0.2) is 5.82 Å². The van der Waals surface area contributed by atoms with Gasteiger partial charge in [0, 0.05) is 12.6 Å². The molecule has 1 aromatic rings. The van der Waals surface area contributed by atoms with Gasteiger partial charge in [0.1, 0.15) is 0 Å². The van der Waals surface area contributed by atoms with E-state index in [4.69, 9.17) is 5.73 Å². The highest BCUT2D eigenvalue weighted by Crippen LogP contribution is 2.16. The Hall–Kier alpha value is -1.01. The van der Waals surface area contributed by atoms with E-state index in [0.29, 0.717) is 5.92 Å². The van der Waals surface area contributed by atoms with Crippen molar-refractivity contribution < 1.29 is 0 Å². The minimum absolute atomic E-state index is 0.274. The Morgan fingerprint density at radius 1 is 1.64 bits per heavy atom. The van der Waals surface area contributed by atoms with Gasteiger partial charge in [-0.3, -0.25) is 4.90 Å². The molecule has 6 heteroatoms. The highest BCUT2D eigenvalue weighted by Gasteiger charge is 2.23. The average Bonchev–Trinajstić information content (AvgIpc) is 2.64. The van der Waals surface area contributed by atoms with E-state index in [1.54, 1.807) is 0 Å². The summed E-state index contributed by atoms with van der Waals surface area (Å²) in [5.74, 6) is 1.36. The average molecular weight is 196 g/mol. The quantitative estimate of drug-likeness (QED) is 0.658. The Morgan fingerprint density at radius 3 is 3.14 bits per heavy atom. The van der Waals surface area contributed by atoms with Crippen LogP contribution in [0.25, 0.3) is 0 Å². The molecule has 2 unspecified atom stereocenters. The Balaban J connectivity index is 1.88. The van der Waals surface area contributed by atoms with Crippen molar-refractivity contribution in [1.82, 2.24) is 25.5 Å². The second kappa shape index (κ2) is 4.02. The summed E-state index contributed by atoms with van der Waals surface area (Å²) in [5.41, 5.74) is 5.99. The van der Waals surface area contributed by atoms with Crippen LogP contribution in [0.4, 0.5) is 0 Å². The molecule has 0 bridgehead atoms. The van der Waals surface area contributed by atoms with Crippen LogP contribution in [-0.2, 0) is 6.54 Å². The molecule has 2 rings (SSSR count). The fourth-order valence-corrected chi connectivity index (χ4v) is 1.76. The van der Waals surface area contributed by atoms with Gasteiger partial charge in [0.05, 0.1) is 6.54 Å². The van der Waals surface area contributed by atoms with Crippen LogP contribution in [0.15, 0.2) is 0 Å². The van der Waals surface area contributed by atoms with Gasteiger partial charge >= 0.3 is 0 Å². The van der Waals surface area contributed by atoms with Crippen LogP contribution in [0, 0.1) is 5.92 Å². The zero-order valence-electron chi connectivity index (χ0n) is 8.35. The summed E-state index contributed by atoms with van der Waals surface area (Å²) < 4.78 is 0. The molecule has 1 aromatic heterocycles. The fraction of sp³-hybridized carbons (Fsp3) is 0.875. The van der Waals surface area contributed by atoms with Gasteiger partial charge in [-0.05, 0) is 18.9 Å². The number of nitrogens with zero attached hydrogens (tertiary/aromatic N) is 4. The first-order chi connectivity index (χ1) is 6.75. The highest BCUT2D eigenvalue weighted by molar-refractivity contribution is 4.84. The molecule has 0 spiro atoms. The van der Waals surface area contributed by atoms with Crippen molar-refractivity contribution in [2.45, 2.75) is 25.9 Å².